The van der Waals surface area contributed by atoms with Gasteiger partial charge in [0.1, 0.15) is 5.75 Å². The van der Waals surface area contributed by atoms with Crippen LogP contribution in [0.15, 0.2) is 24.3 Å². The van der Waals surface area contributed by atoms with Gasteiger partial charge in [0, 0.05) is 5.56 Å². The van der Waals surface area contributed by atoms with Crippen molar-refractivity contribution in [2.24, 2.45) is 0 Å². The predicted octanol–water partition coefficient (Wildman–Crippen LogP) is 0.700. The van der Waals surface area contributed by atoms with Crippen LogP contribution < -0.4 is 4.74 Å². The van der Waals surface area contributed by atoms with Crippen molar-refractivity contribution in [3.8, 4) is 17.6 Å². The Bertz CT molecular complexity index is 408. The molecule has 76 valence electrons. The summed E-state index contributed by atoms with van der Waals surface area (Å²) in [4.78, 5) is 20.2. The maximum Gasteiger partial charge on any atom is 0.341 e. The summed E-state index contributed by atoms with van der Waals surface area (Å²) in [5, 5.41) is 8.36. The molecule has 0 saturated heterocycles. The van der Waals surface area contributed by atoms with E-state index in [0.717, 1.165) is 0 Å². The highest BCUT2D eigenvalue weighted by atomic mass is 16.5. The molecule has 0 saturated carbocycles. The first kappa shape index (κ1) is 10.8. The highest BCUT2D eigenvalue weighted by Gasteiger charge is 1.98. The molecule has 0 amide bonds. The van der Waals surface area contributed by atoms with Crippen molar-refractivity contribution < 1.29 is 19.4 Å². The molecule has 1 N–H and O–H groups in total. The van der Waals surface area contributed by atoms with Gasteiger partial charge in [0.15, 0.2) is 12.9 Å². The third-order valence-corrected chi connectivity index (χ3v) is 1.49. The first-order chi connectivity index (χ1) is 7.22. The number of aliphatic carboxylic acids is 1. The molecular formula is C11H8O4. The Balaban J connectivity index is 2.63. The third kappa shape index (κ3) is 3.96. The lowest BCUT2D eigenvalue weighted by Crippen LogP contribution is -2.09. The molecule has 1 rings (SSSR count). The molecule has 0 bridgehead atoms. The van der Waals surface area contributed by atoms with Gasteiger partial charge in [-0.1, -0.05) is 5.92 Å². The zero-order valence-electron chi connectivity index (χ0n) is 7.77. The number of hydrogen-bond acceptors (Lipinski definition) is 3. The van der Waals surface area contributed by atoms with Gasteiger partial charge in [0.05, 0.1) is 0 Å². The lowest BCUT2D eigenvalue weighted by atomic mass is 10.2. The molecule has 0 fully saturated rings. The molecule has 0 aliphatic carbocycles. The highest BCUT2D eigenvalue weighted by Crippen LogP contribution is 2.11. The van der Waals surface area contributed by atoms with Crippen molar-refractivity contribution in [2.75, 3.05) is 6.61 Å². The van der Waals surface area contributed by atoms with E-state index in [9.17, 15) is 9.59 Å². The van der Waals surface area contributed by atoms with Gasteiger partial charge < -0.3 is 9.84 Å². The minimum atomic E-state index is -1.03. The van der Waals surface area contributed by atoms with Crippen LogP contribution in [0.4, 0.5) is 0 Å². The van der Waals surface area contributed by atoms with Crippen molar-refractivity contribution in [1.82, 2.24) is 0 Å². The Morgan fingerprint density at radius 2 is 2.07 bits per heavy atom. The number of rotatable bonds is 3. The van der Waals surface area contributed by atoms with Crippen LogP contribution in [0.1, 0.15) is 5.56 Å². The number of aldehydes is 1. The van der Waals surface area contributed by atoms with Gasteiger partial charge >= 0.3 is 5.97 Å². The topological polar surface area (TPSA) is 63.6 Å². The standard InChI is InChI=1S/C11H8O4/c12-7-1-2-9-3-5-10(6-4-9)15-8-11(13)14/h3-7H,8H2,(H,13,14). The normalized spacial score (nSPS) is 8.53. The number of carbonyl (C=O) groups is 2. The molecule has 4 heteroatoms. The average Bonchev–Trinajstić information content (AvgIpc) is 2.25. The maximum absolute atomic E-state index is 10.2. The molecule has 1 aromatic carbocycles. The summed E-state index contributed by atoms with van der Waals surface area (Å²) in [6, 6.07) is 6.48. The van der Waals surface area contributed by atoms with Gasteiger partial charge in [0.2, 0.25) is 0 Å². The van der Waals surface area contributed by atoms with Crippen molar-refractivity contribution in [1.29, 1.82) is 0 Å². The van der Waals surface area contributed by atoms with Crippen molar-refractivity contribution in [2.45, 2.75) is 0 Å². The molecule has 0 aromatic heterocycles. The molecule has 0 unspecified atom stereocenters. The van der Waals surface area contributed by atoms with Gasteiger partial charge in [0.25, 0.3) is 0 Å². The SMILES string of the molecule is O=CC#Cc1ccc(OCC(=O)O)cc1. The smallest absolute Gasteiger partial charge is 0.341 e. The van der Waals surface area contributed by atoms with E-state index in [1.807, 2.05) is 0 Å². The summed E-state index contributed by atoms with van der Waals surface area (Å²) in [6.45, 7) is -0.376. The molecule has 15 heavy (non-hydrogen) atoms. The van der Waals surface area contributed by atoms with E-state index in [0.29, 0.717) is 17.6 Å². The number of benzene rings is 1. The monoisotopic (exact) mass is 204 g/mol. The van der Waals surface area contributed by atoms with Gasteiger partial charge in [-0.05, 0) is 30.2 Å². The molecule has 0 heterocycles. The lowest BCUT2D eigenvalue weighted by Gasteiger charge is -2.01. The summed E-state index contributed by atoms with van der Waals surface area (Å²) < 4.78 is 4.91. The molecule has 0 aliphatic heterocycles. The summed E-state index contributed by atoms with van der Waals surface area (Å²) in [6.07, 6.45) is 0.509. The summed E-state index contributed by atoms with van der Waals surface area (Å²) in [5.41, 5.74) is 0.671. The second-order valence-electron chi connectivity index (χ2n) is 2.59. The van der Waals surface area contributed by atoms with E-state index in [4.69, 9.17) is 9.84 Å². The molecule has 0 atom stereocenters. The van der Waals surface area contributed by atoms with Crippen LogP contribution in [0.3, 0.4) is 0 Å². The van der Waals surface area contributed by atoms with Crippen molar-refractivity contribution in [3.63, 3.8) is 0 Å². The zero-order valence-corrected chi connectivity index (χ0v) is 7.77. The van der Waals surface area contributed by atoms with E-state index < -0.39 is 5.97 Å². The molecule has 0 aliphatic rings. The summed E-state index contributed by atoms with van der Waals surface area (Å²) in [5.74, 6) is 4.29. The Morgan fingerprint density at radius 3 is 2.60 bits per heavy atom. The largest absolute Gasteiger partial charge is 0.482 e. The minimum Gasteiger partial charge on any atom is -0.482 e. The molecule has 1 aromatic rings. The van der Waals surface area contributed by atoms with Crippen LogP contribution in [0.2, 0.25) is 0 Å². The van der Waals surface area contributed by atoms with Crippen LogP contribution >= 0.6 is 0 Å². The molecule has 0 spiro atoms. The molecule has 4 nitrogen and oxygen atoms in total. The van der Waals surface area contributed by atoms with Gasteiger partial charge in [-0.3, -0.25) is 4.79 Å². The Morgan fingerprint density at radius 1 is 1.40 bits per heavy atom. The minimum absolute atomic E-state index is 0.376. The summed E-state index contributed by atoms with van der Waals surface area (Å²) >= 11 is 0. The third-order valence-electron chi connectivity index (χ3n) is 1.49. The van der Waals surface area contributed by atoms with Crippen molar-refractivity contribution >= 4 is 12.3 Å². The van der Waals surface area contributed by atoms with Crippen molar-refractivity contribution in [3.05, 3.63) is 29.8 Å². The number of ether oxygens (including phenoxy) is 1. The van der Waals surface area contributed by atoms with E-state index in [1.54, 1.807) is 24.3 Å². The number of carbonyl (C=O) groups excluding carboxylic acids is 1. The van der Waals surface area contributed by atoms with Gasteiger partial charge in [-0.15, -0.1) is 0 Å². The quantitative estimate of drug-likeness (QED) is 0.581. The average molecular weight is 204 g/mol. The summed E-state index contributed by atoms with van der Waals surface area (Å²) in [7, 11) is 0. The fraction of sp³-hybridized carbons (Fsp3) is 0.0909. The number of carboxylic acids is 1. The fourth-order valence-electron chi connectivity index (χ4n) is 0.892. The first-order valence-electron chi connectivity index (χ1n) is 4.12. The second kappa shape index (κ2) is 5.45. The van der Waals surface area contributed by atoms with Crippen LogP contribution in [0, 0.1) is 11.8 Å². The number of carboxylic acid groups (broad SMARTS) is 1. The van der Waals surface area contributed by atoms with E-state index >= 15 is 0 Å². The van der Waals surface area contributed by atoms with Gasteiger partial charge in [-0.25, -0.2) is 4.79 Å². The van der Waals surface area contributed by atoms with Crippen LogP contribution in [-0.4, -0.2) is 24.0 Å². The van der Waals surface area contributed by atoms with Crippen LogP contribution in [-0.2, 0) is 9.59 Å². The van der Waals surface area contributed by atoms with E-state index in [2.05, 4.69) is 11.8 Å². The first-order valence-corrected chi connectivity index (χ1v) is 4.12. The molecular weight excluding hydrogens is 196 g/mol. The fourth-order valence-corrected chi connectivity index (χ4v) is 0.892. The lowest BCUT2D eigenvalue weighted by molar-refractivity contribution is -0.139. The Hall–Kier alpha value is -2.28. The number of hydrogen-bond donors (Lipinski definition) is 1. The maximum atomic E-state index is 10.2. The Kier molecular flexibility index (Phi) is 3.92. The predicted molar refractivity (Wildman–Crippen MR) is 52.5 cm³/mol. The van der Waals surface area contributed by atoms with Crippen LogP contribution in [0.5, 0.6) is 5.75 Å². The molecule has 0 radical (unpaired) electrons. The Labute approximate surface area is 86.5 Å². The zero-order chi connectivity index (χ0) is 11.1. The van der Waals surface area contributed by atoms with E-state index in [1.165, 1.54) is 0 Å². The highest BCUT2D eigenvalue weighted by molar-refractivity contribution is 5.74. The second-order valence-corrected chi connectivity index (χ2v) is 2.59. The van der Waals surface area contributed by atoms with Crippen LogP contribution in [0.25, 0.3) is 0 Å². The van der Waals surface area contributed by atoms with Gasteiger partial charge in [-0.2, -0.15) is 0 Å². The van der Waals surface area contributed by atoms with E-state index in [-0.39, 0.29) is 6.61 Å².